The van der Waals surface area contributed by atoms with Crippen molar-refractivity contribution in [2.75, 3.05) is 7.11 Å². The molecule has 0 spiro atoms. The second-order valence-corrected chi connectivity index (χ2v) is 7.75. The number of rotatable bonds is 4. The topological polar surface area (TPSA) is 65.2 Å². The molecule has 3 aromatic rings. The van der Waals surface area contributed by atoms with Crippen LogP contribution in [0.3, 0.4) is 0 Å². The third-order valence-corrected chi connectivity index (χ3v) is 5.83. The number of halogens is 1. The van der Waals surface area contributed by atoms with E-state index in [1.165, 1.54) is 0 Å². The summed E-state index contributed by atoms with van der Waals surface area (Å²) in [5.41, 5.74) is 6.77. The number of carbonyl (C=O) groups excluding carboxylic acids is 1. The Balaban J connectivity index is 2.12. The quantitative estimate of drug-likeness (QED) is 0.692. The number of hydrogen-bond donors (Lipinski definition) is 1. The van der Waals surface area contributed by atoms with Gasteiger partial charge in [-0.25, -0.2) is 0 Å². The van der Waals surface area contributed by atoms with Crippen molar-refractivity contribution in [3.63, 3.8) is 0 Å². The molecule has 2 aromatic carbocycles. The Labute approximate surface area is 145 Å². The van der Waals surface area contributed by atoms with Crippen LogP contribution in [0.15, 0.2) is 48.5 Å². The van der Waals surface area contributed by atoms with E-state index >= 15 is 0 Å². The van der Waals surface area contributed by atoms with Gasteiger partial charge >= 0.3 is 145 Å². The molecule has 1 radical (unpaired) electrons. The number of primary amides is 1. The van der Waals surface area contributed by atoms with Crippen LogP contribution in [-0.2, 0) is 0 Å². The summed E-state index contributed by atoms with van der Waals surface area (Å²) in [5.74, 6) is 0.254. The SMILES string of the molecule is COc1ccc2cc(C(N)=O)c([As]c3cccc(Cl)c3)nc2c1. The van der Waals surface area contributed by atoms with Crippen LogP contribution in [0.5, 0.6) is 5.75 Å². The Hall–Kier alpha value is -2.03. The minimum atomic E-state index is -0.500. The molecular formula is C17H13AsClN2O2. The molecule has 0 aliphatic carbocycles. The van der Waals surface area contributed by atoms with Crippen molar-refractivity contribution in [1.82, 2.24) is 4.98 Å². The van der Waals surface area contributed by atoms with Crippen LogP contribution in [0.4, 0.5) is 0 Å². The molecule has 4 nitrogen and oxygen atoms in total. The minimum absolute atomic E-state index is 0.461. The average Bonchev–Trinajstić information content (AvgIpc) is 2.53. The number of aromatic nitrogens is 1. The fourth-order valence-electron chi connectivity index (χ4n) is 2.20. The fraction of sp³-hybridized carbons (Fsp3) is 0.0588. The molecule has 0 unspecified atom stereocenters. The number of carbonyl (C=O) groups is 1. The van der Waals surface area contributed by atoms with Crippen molar-refractivity contribution in [3.05, 3.63) is 59.1 Å². The molecule has 1 amide bonds. The van der Waals surface area contributed by atoms with Crippen molar-refractivity contribution in [2.45, 2.75) is 0 Å². The average molecular weight is 388 g/mol. The van der Waals surface area contributed by atoms with E-state index in [-0.39, 0.29) is 0 Å². The van der Waals surface area contributed by atoms with E-state index in [1.807, 2.05) is 42.5 Å². The molecule has 0 saturated heterocycles. The number of amides is 1. The molecule has 0 atom stereocenters. The summed E-state index contributed by atoms with van der Waals surface area (Å²) in [4.78, 5) is 16.4. The molecule has 0 fully saturated rings. The molecule has 1 aromatic heterocycles. The van der Waals surface area contributed by atoms with Gasteiger partial charge in [-0.05, 0) is 0 Å². The molecule has 1 heterocycles. The van der Waals surface area contributed by atoms with Gasteiger partial charge in [-0.1, -0.05) is 0 Å². The van der Waals surface area contributed by atoms with Crippen LogP contribution in [0.2, 0.25) is 5.02 Å². The molecule has 0 bridgehead atoms. The van der Waals surface area contributed by atoms with Crippen LogP contribution in [0.25, 0.3) is 10.9 Å². The number of fused-ring (bicyclic) bond motifs is 1. The van der Waals surface area contributed by atoms with E-state index in [9.17, 15) is 4.79 Å². The number of benzene rings is 2. The van der Waals surface area contributed by atoms with E-state index in [4.69, 9.17) is 22.1 Å². The van der Waals surface area contributed by atoms with Gasteiger partial charge in [0.25, 0.3) is 0 Å². The molecule has 0 aliphatic rings. The first-order valence-electron chi connectivity index (χ1n) is 6.83. The zero-order valence-electron chi connectivity index (χ0n) is 12.3. The van der Waals surface area contributed by atoms with E-state index in [2.05, 4.69) is 4.98 Å². The van der Waals surface area contributed by atoms with Crippen LogP contribution in [0.1, 0.15) is 10.4 Å². The summed E-state index contributed by atoms with van der Waals surface area (Å²) >= 11 is 5.53. The van der Waals surface area contributed by atoms with E-state index in [0.717, 1.165) is 25.5 Å². The third kappa shape index (κ3) is 3.49. The number of hydrogen-bond acceptors (Lipinski definition) is 3. The molecule has 0 saturated carbocycles. The molecule has 6 heteroatoms. The van der Waals surface area contributed by atoms with Crippen LogP contribution < -0.4 is 19.3 Å². The van der Waals surface area contributed by atoms with Crippen LogP contribution >= 0.6 is 11.6 Å². The number of methoxy groups -OCH3 is 1. The predicted molar refractivity (Wildman–Crippen MR) is 93.3 cm³/mol. The van der Waals surface area contributed by atoms with Gasteiger partial charge in [-0.3, -0.25) is 0 Å². The first-order chi connectivity index (χ1) is 11.1. The zero-order valence-corrected chi connectivity index (χ0v) is 14.9. The normalized spacial score (nSPS) is 11.2. The molecule has 23 heavy (non-hydrogen) atoms. The van der Waals surface area contributed by atoms with Gasteiger partial charge in [-0.2, -0.15) is 0 Å². The third-order valence-electron chi connectivity index (χ3n) is 3.31. The Bertz CT molecular complexity index is 899. The maximum atomic E-state index is 11.8. The van der Waals surface area contributed by atoms with Gasteiger partial charge in [0.1, 0.15) is 0 Å². The molecule has 3 rings (SSSR count). The molecule has 2 N–H and O–H groups in total. The summed E-state index contributed by atoms with van der Waals surface area (Å²) < 4.78 is 7.01. The summed E-state index contributed by atoms with van der Waals surface area (Å²) in [5, 5.41) is 1.52. The summed E-state index contributed by atoms with van der Waals surface area (Å²) in [7, 11) is 1.61. The van der Waals surface area contributed by atoms with Crippen LogP contribution in [-0.4, -0.2) is 33.8 Å². The standard InChI is InChI=1S/C17H13AsClN2O2/c1-23-13-6-5-10-7-14(17(20)22)16(21-15(10)9-13)18-11-3-2-4-12(19)8-11/h2-9H,1H3,(H2,20,22). The molecule has 0 aliphatic heterocycles. The van der Waals surface area contributed by atoms with Crippen molar-refractivity contribution < 1.29 is 9.53 Å². The number of nitrogens with two attached hydrogens (primary N) is 1. The monoisotopic (exact) mass is 387 g/mol. The van der Waals surface area contributed by atoms with Crippen molar-refractivity contribution in [1.29, 1.82) is 0 Å². The van der Waals surface area contributed by atoms with E-state index in [1.54, 1.807) is 13.2 Å². The second kappa shape index (κ2) is 6.61. The van der Waals surface area contributed by atoms with Gasteiger partial charge in [0.05, 0.1) is 0 Å². The van der Waals surface area contributed by atoms with E-state index in [0.29, 0.717) is 10.6 Å². The van der Waals surface area contributed by atoms with Crippen molar-refractivity contribution >= 4 is 53.0 Å². The second-order valence-electron chi connectivity index (χ2n) is 4.87. The summed E-state index contributed by atoms with van der Waals surface area (Å²) in [6.07, 6.45) is 0. The van der Waals surface area contributed by atoms with Crippen molar-refractivity contribution in [2.24, 2.45) is 5.73 Å². The van der Waals surface area contributed by atoms with Gasteiger partial charge in [0, 0.05) is 0 Å². The number of pyridine rings is 1. The summed E-state index contributed by atoms with van der Waals surface area (Å²) in [6.45, 7) is 0. The van der Waals surface area contributed by atoms with Crippen LogP contribution in [0, 0.1) is 0 Å². The Morgan fingerprint density at radius 1 is 1.22 bits per heavy atom. The van der Waals surface area contributed by atoms with Gasteiger partial charge < -0.3 is 0 Å². The maximum absolute atomic E-state index is 11.8. The van der Waals surface area contributed by atoms with Gasteiger partial charge in [0.15, 0.2) is 0 Å². The first-order valence-corrected chi connectivity index (χ1v) is 9.08. The number of nitrogens with zero attached hydrogens (tertiary/aromatic N) is 1. The van der Waals surface area contributed by atoms with Gasteiger partial charge in [-0.15, -0.1) is 0 Å². The Kier molecular flexibility index (Phi) is 4.55. The number of ether oxygens (including phenoxy) is 1. The predicted octanol–water partition coefficient (Wildman–Crippen LogP) is 1.65. The fourth-order valence-corrected chi connectivity index (χ4v) is 4.78. The molecular weight excluding hydrogens is 375 g/mol. The van der Waals surface area contributed by atoms with Gasteiger partial charge in [0.2, 0.25) is 0 Å². The summed E-state index contributed by atoms with van der Waals surface area (Å²) in [6, 6.07) is 14.9. The van der Waals surface area contributed by atoms with Crippen molar-refractivity contribution in [3.8, 4) is 5.75 Å². The first kappa shape index (κ1) is 15.8. The zero-order chi connectivity index (χ0) is 16.4. The Morgan fingerprint density at radius 2 is 2.04 bits per heavy atom. The Morgan fingerprint density at radius 3 is 2.74 bits per heavy atom. The van der Waals surface area contributed by atoms with E-state index < -0.39 is 21.7 Å². The molecule has 115 valence electrons.